The van der Waals surface area contributed by atoms with E-state index in [0.29, 0.717) is 0 Å². The second-order valence-corrected chi connectivity index (χ2v) is 1.86. The summed E-state index contributed by atoms with van der Waals surface area (Å²) in [6.45, 7) is 0. The molecule has 0 atom stereocenters. The zero-order valence-corrected chi connectivity index (χ0v) is 5.11. The fourth-order valence-corrected chi connectivity index (χ4v) is 0.639. The fourth-order valence-electron chi connectivity index (χ4n) is 0.639. The number of benzene rings is 1. The summed E-state index contributed by atoms with van der Waals surface area (Å²) in [5, 5.41) is 17.2. The molecule has 11 heavy (non-hydrogen) atoms. The number of hydrogen-bond donors (Lipinski definition) is 2. The van der Waals surface area contributed by atoms with Gasteiger partial charge in [-0.2, -0.15) is 0 Å². The Labute approximate surface area is 93.7 Å². The van der Waals surface area contributed by atoms with Crippen LogP contribution in [0.15, 0.2) is 24.3 Å². The average Bonchev–Trinajstić information content (AvgIpc) is 1.88. The van der Waals surface area contributed by atoms with Crippen molar-refractivity contribution in [3.8, 4) is 5.75 Å². The summed E-state index contributed by atoms with van der Waals surface area (Å²) in [6, 6.07) is 5.52. The van der Waals surface area contributed by atoms with Gasteiger partial charge in [0.25, 0.3) is 0 Å². The van der Waals surface area contributed by atoms with Crippen molar-refractivity contribution in [3.05, 3.63) is 29.8 Å². The van der Waals surface area contributed by atoms with Crippen LogP contribution in [0.25, 0.3) is 0 Å². The minimum atomic E-state index is -1.03. The zero-order chi connectivity index (χ0) is 7.56. The van der Waals surface area contributed by atoms with Crippen LogP contribution in [0, 0.1) is 0 Å². The first-order valence-electron chi connectivity index (χ1n) is 2.72. The molecule has 1 aromatic carbocycles. The number of aromatic hydroxyl groups is 1. The maximum atomic E-state index is 10.2. The SMILES string of the molecule is O=C(O)c1cccc(O)c1.[CaH2]. The van der Waals surface area contributed by atoms with Crippen LogP contribution in [-0.4, -0.2) is 53.9 Å². The number of carboxylic acid groups (broad SMARTS) is 1. The molecule has 0 heterocycles. The number of phenolic OH excluding ortho intramolecular Hbond substituents is 1. The molecular formula is C7H8CaO3. The predicted octanol–water partition coefficient (Wildman–Crippen LogP) is 0.174. The van der Waals surface area contributed by atoms with E-state index in [1.54, 1.807) is 0 Å². The summed E-state index contributed by atoms with van der Waals surface area (Å²) in [5.74, 6) is -1.06. The van der Waals surface area contributed by atoms with Gasteiger partial charge in [0, 0.05) is 0 Å². The molecule has 0 aromatic heterocycles. The number of hydrogen-bond acceptors (Lipinski definition) is 2. The van der Waals surface area contributed by atoms with Crippen molar-refractivity contribution in [3.63, 3.8) is 0 Å². The molecule has 0 bridgehead atoms. The minimum absolute atomic E-state index is 0. The summed E-state index contributed by atoms with van der Waals surface area (Å²) in [7, 11) is 0. The van der Waals surface area contributed by atoms with Crippen LogP contribution in [-0.2, 0) is 0 Å². The topological polar surface area (TPSA) is 57.5 Å². The van der Waals surface area contributed by atoms with Crippen LogP contribution < -0.4 is 0 Å². The quantitative estimate of drug-likeness (QED) is 0.606. The van der Waals surface area contributed by atoms with E-state index < -0.39 is 5.97 Å². The van der Waals surface area contributed by atoms with Crippen molar-refractivity contribution in [2.24, 2.45) is 0 Å². The molecule has 2 N–H and O–H groups in total. The molecule has 4 heteroatoms. The van der Waals surface area contributed by atoms with Gasteiger partial charge in [0.05, 0.1) is 5.56 Å². The van der Waals surface area contributed by atoms with Crippen LogP contribution in [0.1, 0.15) is 10.4 Å². The van der Waals surface area contributed by atoms with Crippen molar-refractivity contribution in [2.75, 3.05) is 0 Å². The van der Waals surface area contributed by atoms with Crippen molar-refractivity contribution in [1.82, 2.24) is 0 Å². The molecule has 0 amide bonds. The molecule has 0 saturated heterocycles. The fraction of sp³-hybridized carbons (Fsp3) is 0. The average molecular weight is 180 g/mol. The number of aromatic carboxylic acids is 1. The van der Waals surface area contributed by atoms with Crippen LogP contribution in [0.5, 0.6) is 5.75 Å². The van der Waals surface area contributed by atoms with E-state index in [-0.39, 0.29) is 49.1 Å². The summed E-state index contributed by atoms with van der Waals surface area (Å²) in [6.07, 6.45) is 0. The number of phenols is 1. The molecule has 0 fully saturated rings. The first kappa shape index (κ1) is 10.7. The van der Waals surface area contributed by atoms with Crippen LogP contribution >= 0.6 is 0 Å². The molecule has 0 aliphatic carbocycles. The summed E-state index contributed by atoms with van der Waals surface area (Å²) in [5.41, 5.74) is 0.0972. The van der Waals surface area contributed by atoms with Gasteiger partial charge in [0.1, 0.15) is 5.75 Å². The summed E-state index contributed by atoms with van der Waals surface area (Å²) in [4.78, 5) is 10.2. The van der Waals surface area contributed by atoms with E-state index in [4.69, 9.17) is 10.2 Å². The Kier molecular flexibility index (Phi) is 4.49. The third kappa shape index (κ3) is 3.10. The van der Waals surface area contributed by atoms with Crippen LogP contribution in [0.2, 0.25) is 0 Å². The van der Waals surface area contributed by atoms with E-state index >= 15 is 0 Å². The zero-order valence-electron chi connectivity index (χ0n) is 5.11. The third-order valence-electron chi connectivity index (χ3n) is 1.09. The van der Waals surface area contributed by atoms with Crippen molar-refractivity contribution in [1.29, 1.82) is 0 Å². The van der Waals surface area contributed by atoms with E-state index in [0.717, 1.165) is 0 Å². The van der Waals surface area contributed by atoms with E-state index in [1.165, 1.54) is 24.3 Å². The molecule has 0 aliphatic heterocycles. The molecule has 0 saturated carbocycles. The molecule has 0 aliphatic rings. The van der Waals surface area contributed by atoms with Gasteiger partial charge >= 0.3 is 43.7 Å². The third-order valence-corrected chi connectivity index (χ3v) is 1.09. The molecule has 56 valence electrons. The molecular weight excluding hydrogens is 172 g/mol. The number of carboxylic acids is 1. The van der Waals surface area contributed by atoms with E-state index in [9.17, 15) is 4.79 Å². The number of carbonyl (C=O) groups is 1. The Morgan fingerprint density at radius 1 is 1.36 bits per heavy atom. The Balaban J connectivity index is 0.000001000. The standard InChI is InChI=1S/C7H6O3.Ca.2H/c8-6-3-1-2-5(4-6)7(9)10;;;/h1-4,8H,(H,9,10);;;. The molecule has 0 radical (unpaired) electrons. The molecule has 1 aromatic rings. The van der Waals surface area contributed by atoms with Gasteiger partial charge in [-0.25, -0.2) is 4.79 Å². The number of rotatable bonds is 1. The normalized spacial score (nSPS) is 8.36. The Hall–Kier alpha value is -0.250. The molecule has 3 nitrogen and oxygen atoms in total. The Bertz CT molecular complexity index is 260. The molecule has 1 rings (SSSR count). The van der Waals surface area contributed by atoms with Crippen molar-refractivity contribution < 1.29 is 15.0 Å². The van der Waals surface area contributed by atoms with Gasteiger partial charge in [0.2, 0.25) is 0 Å². The second-order valence-electron chi connectivity index (χ2n) is 1.86. The van der Waals surface area contributed by atoms with Crippen LogP contribution in [0.4, 0.5) is 0 Å². The monoisotopic (exact) mass is 180 g/mol. The Morgan fingerprint density at radius 3 is 2.36 bits per heavy atom. The van der Waals surface area contributed by atoms with Gasteiger partial charge in [0.15, 0.2) is 0 Å². The van der Waals surface area contributed by atoms with Crippen molar-refractivity contribution >= 4 is 43.7 Å². The predicted molar refractivity (Wildman–Crippen MR) is 43.6 cm³/mol. The molecule has 0 spiro atoms. The van der Waals surface area contributed by atoms with E-state index in [1.807, 2.05) is 0 Å². The first-order valence-corrected chi connectivity index (χ1v) is 2.72. The van der Waals surface area contributed by atoms with Crippen LogP contribution in [0.3, 0.4) is 0 Å². The van der Waals surface area contributed by atoms with Crippen molar-refractivity contribution in [2.45, 2.75) is 0 Å². The Morgan fingerprint density at radius 2 is 2.00 bits per heavy atom. The first-order chi connectivity index (χ1) is 4.70. The van der Waals surface area contributed by atoms with Gasteiger partial charge < -0.3 is 10.2 Å². The second kappa shape index (κ2) is 4.59. The van der Waals surface area contributed by atoms with Gasteiger partial charge in [-0.05, 0) is 18.2 Å². The van der Waals surface area contributed by atoms with E-state index in [2.05, 4.69) is 0 Å². The van der Waals surface area contributed by atoms with Gasteiger partial charge in [-0.15, -0.1) is 0 Å². The van der Waals surface area contributed by atoms with Gasteiger partial charge in [-0.1, -0.05) is 6.07 Å². The summed E-state index contributed by atoms with van der Waals surface area (Å²) < 4.78 is 0. The summed E-state index contributed by atoms with van der Waals surface area (Å²) >= 11 is 0. The maximum absolute atomic E-state index is 10.2. The molecule has 0 unspecified atom stereocenters. The van der Waals surface area contributed by atoms with Gasteiger partial charge in [-0.3, -0.25) is 0 Å².